The van der Waals surface area contributed by atoms with E-state index in [0.717, 1.165) is 26.3 Å². The molecule has 0 radical (unpaired) electrons. The summed E-state index contributed by atoms with van der Waals surface area (Å²) in [7, 11) is 2.00. The van der Waals surface area contributed by atoms with Gasteiger partial charge in [0, 0.05) is 34.8 Å². The van der Waals surface area contributed by atoms with Gasteiger partial charge >= 0.3 is 0 Å². The van der Waals surface area contributed by atoms with Crippen LogP contribution in [0.15, 0.2) is 40.4 Å². The van der Waals surface area contributed by atoms with Gasteiger partial charge in [-0.15, -0.1) is 11.3 Å². The number of primary amides is 1. The topological polar surface area (TPSA) is 76.3 Å². The van der Waals surface area contributed by atoms with E-state index in [1.165, 1.54) is 28.7 Å². The third kappa shape index (κ3) is 3.86. The first-order valence-corrected chi connectivity index (χ1v) is 10.8. The summed E-state index contributed by atoms with van der Waals surface area (Å²) in [6.45, 7) is 8.04. The minimum atomic E-state index is -0.372. The fourth-order valence-electron chi connectivity index (χ4n) is 3.49. The quantitative estimate of drug-likeness (QED) is 0.573. The van der Waals surface area contributed by atoms with E-state index in [0.29, 0.717) is 0 Å². The van der Waals surface area contributed by atoms with Crippen LogP contribution in [0.4, 0.5) is 5.69 Å². The number of hydrogen-bond donors (Lipinski definition) is 1. The summed E-state index contributed by atoms with van der Waals surface area (Å²) >= 11 is 2.86. The first-order chi connectivity index (χ1) is 13.1. The highest BCUT2D eigenvalue weighted by atomic mass is 32.2. The van der Waals surface area contributed by atoms with Crippen molar-refractivity contribution in [2.75, 3.05) is 11.9 Å². The number of allylic oxidation sites excluding steroid dienone is 2. The average Bonchev–Trinajstić information content (AvgIpc) is 3.04. The van der Waals surface area contributed by atoms with E-state index in [1.807, 2.05) is 33.0 Å². The molecule has 0 aliphatic carbocycles. The lowest BCUT2D eigenvalue weighted by Gasteiger charge is -2.24. The summed E-state index contributed by atoms with van der Waals surface area (Å²) < 4.78 is 0.787. The zero-order valence-electron chi connectivity index (χ0n) is 16.8. The Labute approximate surface area is 174 Å². The van der Waals surface area contributed by atoms with Crippen molar-refractivity contribution in [3.63, 3.8) is 0 Å². The summed E-state index contributed by atoms with van der Waals surface area (Å²) in [5.41, 5.74) is 9.22. The van der Waals surface area contributed by atoms with Gasteiger partial charge in [0.1, 0.15) is 0 Å². The molecule has 0 unspecified atom stereocenters. The Bertz CT molecular complexity index is 962. The van der Waals surface area contributed by atoms with Gasteiger partial charge in [0.2, 0.25) is 5.91 Å². The molecule has 5 nitrogen and oxygen atoms in total. The Balaban J connectivity index is 1.78. The maximum atomic E-state index is 12.9. The number of thioether (sulfide) groups is 1. The zero-order valence-corrected chi connectivity index (χ0v) is 18.4. The van der Waals surface area contributed by atoms with Gasteiger partial charge in [-0.05, 0) is 25.5 Å². The molecule has 1 amide bonds. The van der Waals surface area contributed by atoms with Crippen LogP contribution in [-0.4, -0.2) is 29.0 Å². The van der Waals surface area contributed by atoms with Crippen molar-refractivity contribution in [2.24, 2.45) is 5.73 Å². The van der Waals surface area contributed by atoms with Crippen molar-refractivity contribution < 1.29 is 9.59 Å². The van der Waals surface area contributed by atoms with Crippen LogP contribution in [0.2, 0.25) is 0 Å². The number of fused-ring (bicyclic) bond motifs is 1. The lowest BCUT2D eigenvalue weighted by molar-refractivity contribution is -0.117. The third-order valence-corrected chi connectivity index (χ3v) is 7.48. The SMILES string of the molecule is Cc1nc(S[C@@H](C)C(=O)/C=C2/N(C)c3ccccc3C2(C)C)sc1CC(N)=O. The molecule has 0 fully saturated rings. The molecule has 0 bridgehead atoms. The number of para-hydroxylation sites is 1. The Morgan fingerprint density at radius 2 is 2.04 bits per heavy atom. The number of benzene rings is 1. The number of nitrogens with zero attached hydrogens (tertiary/aromatic N) is 2. The number of thiazole rings is 1. The first-order valence-electron chi connectivity index (χ1n) is 9.11. The lowest BCUT2D eigenvalue weighted by Crippen LogP contribution is -2.25. The number of hydrogen-bond acceptors (Lipinski definition) is 6. The fraction of sp³-hybridized carbons (Fsp3) is 0.381. The summed E-state index contributed by atoms with van der Waals surface area (Å²) in [6, 6.07) is 8.25. The van der Waals surface area contributed by atoms with E-state index in [1.54, 1.807) is 6.08 Å². The number of ketones is 1. The molecule has 3 rings (SSSR count). The summed E-state index contributed by atoms with van der Waals surface area (Å²) in [5, 5.41) is -0.271. The van der Waals surface area contributed by atoms with Crippen molar-refractivity contribution in [3.8, 4) is 0 Å². The summed E-state index contributed by atoms with van der Waals surface area (Å²) in [4.78, 5) is 31.5. The lowest BCUT2D eigenvalue weighted by atomic mass is 9.83. The maximum absolute atomic E-state index is 12.9. The molecular weight excluding hydrogens is 390 g/mol. The van der Waals surface area contributed by atoms with E-state index < -0.39 is 0 Å². The van der Waals surface area contributed by atoms with Crippen molar-refractivity contribution in [1.29, 1.82) is 0 Å². The Hall–Kier alpha value is -2.12. The number of likely N-dealkylation sites (N-methyl/N-ethyl adjacent to an activating group) is 1. The standard InChI is InChI=1S/C21H25N3O2S2/c1-12-17(11-19(22)26)28-20(23-12)27-13(2)16(25)10-18-21(3,4)14-8-6-7-9-15(14)24(18)5/h6-10,13H,11H2,1-5H3,(H2,22,26)/b18-10+/t13-/m0/s1. The van der Waals surface area contributed by atoms with Gasteiger partial charge < -0.3 is 10.6 Å². The second-order valence-electron chi connectivity index (χ2n) is 7.52. The van der Waals surface area contributed by atoms with Gasteiger partial charge in [0.05, 0.1) is 17.4 Å². The molecule has 28 heavy (non-hydrogen) atoms. The number of aromatic nitrogens is 1. The summed E-state index contributed by atoms with van der Waals surface area (Å²) in [6.07, 6.45) is 1.95. The Morgan fingerprint density at radius 3 is 2.68 bits per heavy atom. The van der Waals surface area contributed by atoms with Crippen molar-refractivity contribution in [1.82, 2.24) is 4.98 Å². The van der Waals surface area contributed by atoms with Crippen molar-refractivity contribution >= 4 is 40.5 Å². The average molecular weight is 416 g/mol. The van der Waals surface area contributed by atoms with Gasteiger partial charge in [0.25, 0.3) is 0 Å². The highest BCUT2D eigenvalue weighted by Gasteiger charge is 2.38. The zero-order chi connectivity index (χ0) is 20.6. The molecule has 0 saturated carbocycles. The molecule has 2 N–H and O–H groups in total. The highest BCUT2D eigenvalue weighted by Crippen LogP contribution is 2.46. The van der Waals surface area contributed by atoms with Gasteiger partial charge in [-0.1, -0.05) is 43.8 Å². The van der Waals surface area contributed by atoms with E-state index >= 15 is 0 Å². The normalized spacial score (nSPS) is 17.6. The molecule has 1 aromatic heterocycles. The van der Waals surface area contributed by atoms with Crippen LogP contribution in [-0.2, 0) is 21.4 Å². The summed E-state index contributed by atoms with van der Waals surface area (Å²) in [5.74, 6) is -0.319. The smallest absolute Gasteiger partial charge is 0.222 e. The second-order valence-corrected chi connectivity index (χ2v) is 10.2. The van der Waals surface area contributed by atoms with Gasteiger partial charge in [-0.25, -0.2) is 4.98 Å². The fourth-order valence-corrected chi connectivity index (χ4v) is 5.90. The van der Waals surface area contributed by atoms with Crippen LogP contribution < -0.4 is 10.6 Å². The van der Waals surface area contributed by atoms with E-state index in [2.05, 4.69) is 35.9 Å². The van der Waals surface area contributed by atoms with E-state index in [-0.39, 0.29) is 28.8 Å². The number of carbonyl (C=O) groups is 2. The van der Waals surface area contributed by atoms with E-state index in [4.69, 9.17) is 5.73 Å². The van der Waals surface area contributed by atoms with Gasteiger partial charge in [0.15, 0.2) is 10.1 Å². The molecule has 0 spiro atoms. The van der Waals surface area contributed by atoms with Crippen molar-refractivity contribution in [2.45, 2.75) is 49.1 Å². The van der Waals surface area contributed by atoms with Crippen LogP contribution in [0.25, 0.3) is 0 Å². The maximum Gasteiger partial charge on any atom is 0.222 e. The first kappa shape index (κ1) is 20.6. The number of carbonyl (C=O) groups excluding carboxylic acids is 2. The van der Waals surface area contributed by atoms with Gasteiger partial charge in [-0.2, -0.15) is 0 Å². The minimum Gasteiger partial charge on any atom is -0.369 e. The predicted molar refractivity (Wildman–Crippen MR) is 116 cm³/mol. The van der Waals surface area contributed by atoms with Crippen LogP contribution in [0, 0.1) is 6.92 Å². The van der Waals surface area contributed by atoms with Crippen LogP contribution in [0.1, 0.15) is 36.9 Å². The monoisotopic (exact) mass is 415 g/mol. The number of nitrogens with two attached hydrogens (primary N) is 1. The van der Waals surface area contributed by atoms with Gasteiger partial charge in [-0.3, -0.25) is 9.59 Å². The molecule has 1 aliphatic heterocycles. The predicted octanol–water partition coefficient (Wildman–Crippen LogP) is 3.84. The minimum absolute atomic E-state index is 0.0528. The molecule has 1 atom stereocenters. The molecule has 2 heterocycles. The van der Waals surface area contributed by atoms with E-state index in [9.17, 15) is 9.59 Å². The third-order valence-electron chi connectivity index (χ3n) is 5.11. The molecule has 2 aromatic rings. The van der Waals surface area contributed by atoms with Crippen molar-refractivity contribution in [3.05, 3.63) is 52.2 Å². The number of anilines is 1. The Kier molecular flexibility index (Phi) is 5.68. The molecule has 1 aliphatic rings. The second kappa shape index (κ2) is 7.72. The number of rotatable bonds is 6. The molecule has 148 valence electrons. The molecule has 7 heteroatoms. The largest absolute Gasteiger partial charge is 0.369 e. The molecule has 1 aromatic carbocycles. The van der Waals surface area contributed by atoms with Crippen LogP contribution in [0.5, 0.6) is 0 Å². The highest BCUT2D eigenvalue weighted by molar-refractivity contribution is 8.02. The van der Waals surface area contributed by atoms with Crippen LogP contribution in [0.3, 0.4) is 0 Å². The number of aryl methyl sites for hydroxylation is 1. The Morgan fingerprint density at radius 1 is 1.36 bits per heavy atom. The molecule has 0 saturated heterocycles. The van der Waals surface area contributed by atoms with Crippen LogP contribution >= 0.6 is 23.1 Å². The number of amides is 1. The molecular formula is C21H25N3O2S2.